The molecule has 0 amide bonds. The predicted molar refractivity (Wildman–Crippen MR) is 63.2 cm³/mol. The number of hydrogen-bond acceptors (Lipinski definition) is 1. The highest BCUT2D eigenvalue weighted by Gasteiger charge is 2.40. The maximum Gasteiger partial charge on any atom is 0.0175 e. The van der Waals surface area contributed by atoms with Crippen molar-refractivity contribution in [2.45, 2.75) is 25.7 Å². The van der Waals surface area contributed by atoms with Crippen LogP contribution in [-0.4, -0.2) is 6.54 Å². The topological polar surface area (TPSA) is 26.0 Å². The molecule has 1 nitrogen and oxygen atoms in total. The first-order chi connectivity index (χ1) is 6.74. The van der Waals surface area contributed by atoms with Gasteiger partial charge in [0.25, 0.3) is 0 Å². The van der Waals surface area contributed by atoms with E-state index in [-0.39, 0.29) is 0 Å². The van der Waals surface area contributed by atoms with Crippen molar-refractivity contribution < 1.29 is 0 Å². The van der Waals surface area contributed by atoms with Crippen LogP contribution in [0.1, 0.15) is 24.8 Å². The first kappa shape index (κ1) is 10.2. The summed E-state index contributed by atoms with van der Waals surface area (Å²) in [6.07, 6.45) is 5.09. The molecule has 0 saturated heterocycles. The van der Waals surface area contributed by atoms with Crippen LogP contribution in [0.4, 0.5) is 0 Å². The van der Waals surface area contributed by atoms with Crippen molar-refractivity contribution >= 4 is 15.9 Å². The van der Waals surface area contributed by atoms with Crippen molar-refractivity contribution in [1.82, 2.24) is 0 Å². The third-order valence-corrected chi connectivity index (χ3v) is 3.78. The third kappa shape index (κ3) is 2.37. The molecule has 2 rings (SSSR count). The first-order valence-corrected chi connectivity index (χ1v) is 5.98. The molecule has 2 heteroatoms. The molecule has 1 aliphatic rings. The molecule has 2 N–H and O–H groups in total. The van der Waals surface area contributed by atoms with Crippen LogP contribution >= 0.6 is 15.9 Å². The number of nitrogens with two attached hydrogens (primary N) is 1. The molecule has 0 aliphatic heterocycles. The fourth-order valence-corrected chi connectivity index (χ4v) is 2.06. The average Bonchev–Trinajstić information content (AvgIpc) is 2.98. The van der Waals surface area contributed by atoms with Crippen LogP contribution in [-0.2, 0) is 6.42 Å². The van der Waals surface area contributed by atoms with Crippen LogP contribution in [0.25, 0.3) is 0 Å². The normalized spacial score (nSPS) is 18.1. The van der Waals surface area contributed by atoms with Gasteiger partial charge in [-0.15, -0.1) is 0 Å². The predicted octanol–water partition coefficient (Wildman–Crippen LogP) is 3.12. The number of benzene rings is 1. The van der Waals surface area contributed by atoms with Crippen molar-refractivity contribution in [2.24, 2.45) is 11.1 Å². The molecule has 0 atom stereocenters. The van der Waals surface area contributed by atoms with E-state index in [1.54, 1.807) is 0 Å². The Kier molecular flexibility index (Phi) is 2.93. The Morgan fingerprint density at radius 1 is 1.21 bits per heavy atom. The fourth-order valence-electron chi connectivity index (χ4n) is 1.79. The summed E-state index contributed by atoms with van der Waals surface area (Å²) in [4.78, 5) is 0. The Morgan fingerprint density at radius 2 is 1.86 bits per heavy atom. The second-order valence-corrected chi connectivity index (χ2v) is 5.25. The molecular formula is C12H16BrN. The van der Waals surface area contributed by atoms with Gasteiger partial charge >= 0.3 is 0 Å². The first-order valence-electron chi connectivity index (χ1n) is 5.19. The summed E-state index contributed by atoms with van der Waals surface area (Å²) in [6, 6.07) is 8.60. The SMILES string of the molecule is NCC1(CCc2ccc(Br)cc2)CC1. The maximum atomic E-state index is 5.75. The number of aryl methyl sites for hydroxylation is 1. The average molecular weight is 254 g/mol. The van der Waals surface area contributed by atoms with Gasteiger partial charge < -0.3 is 5.73 Å². The van der Waals surface area contributed by atoms with Crippen molar-refractivity contribution in [3.63, 3.8) is 0 Å². The summed E-state index contributed by atoms with van der Waals surface area (Å²) >= 11 is 3.44. The second kappa shape index (κ2) is 4.03. The van der Waals surface area contributed by atoms with Gasteiger partial charge in [0, 0.05) is 4.47 Å². The Labute approximate surface area is 93.8 Å². The molecule has 0 heterocycles. The van der Waals surface area contributed by atoms with Crippen LogP contribution in [0.3, 0.4) is 0 Å². The minimum Gasteiger partial charge on any atom is -0.330 e. The summed E-state index contributed by atoms with van der Waals surface area (Å²) in [5, 5.41) is 0. The zero-order chi connectivity index (χ0) is 10.0. The van der Waals surface area contributed by atoms with Crippen molar-refractivity contribution in [3.8, 4) is 0 Å². The Bertz CT molecular complexity index is 301. The summed E-state index contributed by atoms with van der Waals surface area (Å²) in [7, 11) is 0. The lowest BCUT2D eigenvalue weighted by atomic mass is 9.97. The van der Waals surface area contributed by atoms with Gasteiger partial charge in [0.1, 0.15) is 0 Å². The molecule has 0 aromatic heterocycles. The molecule has 76 valence electrons. The summed E-state index contributed by atoms with van der Waals surface area (Å²) < 4.78 is 1.15. The van der Waals surface area contributed by atoms with Crippen molar-refractivity contribution in [2.75, 3.05) is 6.54 Å². The smallest absolute Gasteiger partial charge is 0.0175 e. The Morgan fingerprint density at radius 3 is 2.36 bits per heavy atom. The van der Waals surface area contributed by atoms with Crippen LogP contribution in [0.5, 0.6) is 0 Å². The van der Waals surface area contributed by atoms with Crippen molar-refractivity contribution in [1.29, 1.82) is 0 Å². The van der Waals surface area contributed by atoms with Gasteiger partial charge in [0.15, 0.2) is 0 Å². The number of halogens is 1. The maximum absolute atomic E-state index is 5.75. The van der Waals surface area contributed by atoms with Crippen LogP contribution in [0.15, 0.2) is 28.7 Å². The molecule has 1 saturated carbocycles. The summed E-state index contributed by atoms with van der Waals surface area (Å²) in [5.41, 5.74) is 7.68. The van der Waals surface area contributed by atoms with Gasteiger partial charge in [0.2, 0.25) is 0 Å². The number of rotatable bonds is 4. The highest BCUT2D eigenvalue weighted by molar-refractivity contribution is 9.10. The molecule has 14 heavy (non-hydrogen) atoms. The lowest BCUT2D eigenvalue weighted by Gasteiger charge is -2.11. The van der Waals surface area contributed by atoms with E-state index < -0.39 is 0 Å². The molecule has 0 spiro atoms. The van der Waals surface area contributed by atoms with Crippen LogP contribution < -0.4 is 5.73 Å². The van der Waals surface area contributed by atoms with E-state index >= 15 is 0 Å². The van der Waals surface area contributed by atoms with Gasteiger partial charge in [-0.1, -0.05) is 28.1 Å². The molecule has 0 unspecified atom stereocenters. The highest BCUT2D eigenvalue weighted by atomic mass is 79.9. The Hall–Kier alpha value is -0.340. The van der Waals surface area contributed by atoms with Crippen LogP contribution in [0.2, 0.25) is 0 Å². The summed E-state index contributed by atoms with van der Waals surface area (Å²) in [6.45, 7) is 0.865. The molecular weight excluding hydrogens is 238 g/mol. The zero-order valence-electron chi connectivity index (χ0n) is 8.30. The van der Waals surface area contributed by atoms with E-state index in [0.717, 1.165) is 11.0 Å². The fraction of sp³-hybridized carbons (Fsp3) is 0.500. The van der Waals surface area contributed by atoms with Crippen LogP contribution in [0, 0.1) is 5.41 Å². The molecule has 1 aliphatic carbocycles. The van der Waals surface area contributed by atoms with Gasteiger partial charge in [-0.2, -0.15) is 0 Å². The molecule has 1 aromatic rings. The van der Waals surface area contributed by atoms with E-state index in [0.29, 0.717) is 5.41 Å². The standard InChI is InChI=1S/C12H16BrN/c13-11-3-1-10(2-4-11)5-6-12(9-14)7-8-12/h1-4H,5-9,14H2. The minimum absolute atomic E-state index is 0.507. The quantitative estimate of drug-likeness (QED) is 0.877. The third-order valence-electron chi connectivity index (χ3n) is 3.25. The molecule has 1 fully saturated rings. The second-order valence-electron chi connectivity index (χ2n) is 4.33. The van der Waals surface area contributed by atoms with E-state index in [4.69, 9.17) is 5.73 Å². The van der Waals surface area contributed by atoms with Gasteiger partial charge in [-0.25, -0.2) is 0 Å². The molecule has 0 radical (unpaired) electrons. The highest BCUT2D eigenvalue weighted by Crippen LogP contribution is 2.48. The number of hydrogen-bond donors (Lipinski definition) is 1. The van der Waals surface area contributed by atoms with Crippen molar-refractivity contribution in [3.05, 3.63) is 34.3 Å². The zero-order valence-corrected chi connectivity index (χ0v) is 9.89. The lowest BCUT2D eigenvalue weighted by Crippen LogP contribution is -2.15. The van der Waals surface area contributed by atoms with Gasteiger partial charge in [-0.3, -0.25) is 0 Å². The summed E-state index contributed by atoms with van der Waals surface area (Å²) in [5.74, 6) is 0. The van der Waals surface area contributed by atoms with Gasteiger partial charge in [-0.05, 0) is 55.3 Å². The Balaban J connectivity index is 1.89. The minimum atomic E-state index is 0.507. The van der Waals surface area contributed by atoms with E-state index in [2.05, 4.69) is 40.2 Å². The monoisotopic (exact) mass is 253 g/mol. The van der Waals surface area contributed by atoms with Gasteiger partial charge in [0.05, 0.1) is 0 Å². The van der Waals surface area contributed by atoms with E-state index in [1.165, 1.54) is 31.2 Å². The van der Waals surface area contributed by atoms with E-state index in [1.807, 2.05) is 0 Å². The lowest BCUT2D eigenvalue weighted by molar-refractivity contribution is 0.479. The molecule has 1 aromatic carbocycles. The molecule has 0 bridgehead atoms. The largest absolute Gasteiger partial charge is 0.330 e. The van der Waals surface area contributed by atoms with E-state index in [9.17, 15) is 0 Å².